The summed E-state index contributed by atoms with van der Waals surface area (Å²) in [4.78, 5) is 27.5. The first kappa shape index (κ1) is 24.5. The van der Waals surface area contributed by atoms with Gasteiger partial charge in [-0.1, -0.05) is 41.9 Å². The zero-order valence-corrected chi connectivity index (χ0v) is 20.9. The highest BCUT2D eigenvalue weighted by atomic mass is 35.5. The van der Waals surface area contributed by atoms with Crippen molar-refractivity contribution in [3.8, 4) is 11.3 Å². The van der Waals surface area contributed by atoms with Crippen LogP contribution in [0.1, 0.15) is 39.8 Å². The van der Waals surface area contributed by atoms with E-state index in [0.717, 1.165) is 22.4 Å². The summed E-state index contributed by atoms with van der Waals surface area (Å²) in [5.74, 6) is -0.916. The number of anilines is 1. The largest absolute Gasteiger partial charge is 0.443 e. The van der Waals surface area contributed by atoms with Crippen LogP contribution in [0.15, 0.2) is 54.7 Å². The topological polar surface area (TPSA) is 103 Å². The van der Waals surface area contributed by atoms with Crippen LogP contribution in [-0.4, -0.2) is 31.6 Å². The van der Waals surface area contributed by atoms with Gasteiger partial charge in [-0.25, -0.2) is 9.18 Å². The number of aryl methyl sites for hydroxylation is 1. The average molecular weight is 523 g/mol. The maximum absolute atomic E-state index is 13.6. The molecule has 0 saturated carbocycles. The number of alkyl carbamates (subject to hydrolysis) is 1. The summed E-state index contributed by atoms with van der Waals surface area (Å²) in [5.41, 5.74) is 4.83. The number of ether oxygens (including phenoxy) is 1. The van der Waals surface area contributed by atoms with Crippen LogP contribution < -0.4 is 10.6 Å². The second-order valence-electron chi connectivity index (χ2n) is 8.73. The lowest BCUT2D eigenvalue weighted by Crippen LogP contribution is -2.28. The Morgan fingerprint density at radius 1 is 1.19 bits per heavy atom. The number of halogens is 2. The molecule has 0 spiro atoms. The molecule has 2 aromatic carbocycles. The van der Waals surface area contributed by atoms with Crippen molar-refractivity contribution < 1.29 is 18.7 Å². The fourth-order valence-corrected chi connectivity index (χ4v) is 4.93. The van der Waals surface area contributed by atoms with E-state index < -0.39 is 11.9 Å². The van der Waals surface area contributed by atoms with Gasteiger partial charge in [-0.05, 0) is 42.2 Å². The Morgan fingerprint density at radius 2 is 1.97 bits per heavy atom. The standard InChI is InChI=1S/C26H24ClFN6O3/c1-33-23(15-6-4-3-5-7-15)22-18(24(33)25(35)30-16-8-10-20(28)19(27)12-16)9-11-21(22)31-26(36)37-14-17-13-29-34(2)32-17/h3-8,10,12-13,21H,9,11,14H2,1-2H3,(H,30,35)(H,31,36). The van der Waals surface area contributed by atoms with Gasteiger partial charge in [-0.15, -0.1) is 0 Å². The third kappa shape index (κ3) is 4.92. The molecule has 1 aliphatic carbocycles. The minimum Gasteiger partial charge on any atom is -0.443 e. The van der Waals surface area contributed by atoms with Crippen molar-refractivity contribution in [3.05, 3.63) is 88.1 Å². The van der Waals surface area contributed by atoms with Gasteiger partial charge in [0.15, 0.2) is 0 Å². The van der Waals surface area contributed by atoms with E-state index in [0.29, 0.717) is 29.9 Å². The summed E-state index contributed by atoms with van der Waals surface area (Å²) in [6.07, 6.45) is 2.13. The molecule has 0 radical (unpaired) electrons. The molecule has 1 aliphatic rings. The molecule has 190 valence electrons. The van der Waals surface area contributed by atoms with Crippen molar-refractivity contribution in [1.82, 2.24) is 24.9 Å². The first-order valence-corrected chi connectivity index (χ1v) is 12.0. The van der Waals surface area contributed by atoms with Crippen molar-refractivity contribution in [2.75, 3.05) is 5.32 Å². The van der Waals surface area contributed by atoms with Crippen LogP contribution in [0.3, 0.4) is 0 Å². The molecule has 37 heavy (non-hydrogen) atoms. The lowest BCUT2D eigenvalue weighted by atomic mass is 10.0. The zero-order valence-electron chi connectivity index (χ0n) is 20.2. The molecule has 11 heteroatoms. The van der Waals surface area contributed by atoms with Gasteiger partial charge < -0.3 is 19.9 Å². The molecule has 9 nitrogen and oxygen atoms in total. The number of fused-ring (bicyclic) bond motifs is 1. The van der Waals surface area contributed by atoms with E-state index in [1.165, 1.54) is 29.2 Å². The Bertz CT molecular complexity index is 1480. The summed E-state index contributed by atoms with van der Waals surface area (Å²) in [6.45, 7) is -0.00648. The zero-order chi connectivity index (χ0) is 26.1. The molecule has 1 atom stereocenters. The molecule has 0 bridgehead atoms. The van der Waals surface area contributed by atoms with Gasteiger partial charge in [0.2, 0.25) is 0 Å². The van der Waals surface area contributed by atoms with Gasteiger partial charge in [0, 0.05) is 25.3 Å². The Morgan fingerprint density at radius 3 is 2.68 bits per heavy atom. The summed E-state index contributed by atoms with van der Waals surface area (Å²) in [5, 5.41) is 13.8. The number of carbonyl (C=O) groups is 2. The Labute approximate surface area is 217 Å². The molecule has 1 unspecified atom stereocenters. The van der Waals surface area contributed by atoms with E-state index >= 15 is 0 Å². The van der Waals surface area contributed by atoms with E-state index in [1.807, 2.05) is 41.9 Å². The second-order valence-corrected chi connectivity index (χ2v) is 9.14. The number of benzene rings is 2. The number of nitrogens with one attached hydrogen (secondary N) is 2. The molecule has 4 aromatic rings. The van der Waals surface area contributed by atoms with Gasteiger partial charge in [-0.3, -0.25) is 4.79 Å². The highest BCUT2D eigenvalue weighted by molar-refractivity contribution is 6.31. The van der Waals surface area contributed by atoms with Gasteiger partial charge in [0.1, 0.15) is 23.8 Å². The van der Waals surface area contributed by atoms with E-state index in [9.17, 15) is 14.0 Å². The maximum atomic E-state index is 13.6. The van der Waals surface area contributed by atoms with Crippen molar-refractivity contribution in [2.24, 2.45) is 14.1 Å². The second kappa shape index (κ2) is 10.1. The summed E-state index contributed by atoms with van der Waals surface area (Å²) < 4.78 is 20.8. The number of amides is 2. The lowest BCUT2D eigenvalue weighted by Gasteiger charge is -2.17. The van der Waals surface area contributed by atoms with Crippen LogP contribution in [-0.2, 0) is 31.9 Å². The van der Waals surface area contributed by atoms with Crippen LogP contribution in [0, 0.1) is 5.82 Å². The van der Waals surface area contributed by atoms with Crippen LogP contribution >= 0.6 is 11.6 Å². The van der Waals surface area contributed by atoms with Crippen molar-refractivity contribution in [3.63, 3.8) is 0 Å². The van der Waals surface area contributed by atoms with Crippen LogP contribution in [0.5, 0.6) is 0 Å². The van der Waals surface area contributed by atoms with Crippen LogP contribution in [0.25, 0.3) is 11.3 Å². The molecule has 2 aromatic heterocycles. The van der Waals surface area contributed by atoms with E-state index in [1.54, 1.807) is 7.05 Å². The number of rotatable bonds is 6. The Balaban J connectivity index is 1.44. The summed E-state index contributed by atoms with van der Waals surface area (Å²) >= 11 is 5.89. The summed E-state index contributed by atoms with van der Waals surface area (Å²) in [7, 11) is 3.50. The number of nitrogens with zero attached hydrogens (tertiary/aromatic N) is 4. The molecular formula is C26H24ClFN6O3. The van der Waals surface area contributed by atoms with Crippen LogP contribution in [0.4, 0.5) is 14.9 Å². The van der Waals surface area contributed by atoms with E-state index in [4.69, 9.17) is 16.3 Å². The maximum Gasteiger partial charge on any atom is 0.408 e. The number of aromatic nitrogens is 4. The van der Waals surface area contributed by atoms with E-state index in [2.05, 4.69) is 20.8 Å². The molecule has 2 amide bonds. The first-order valence-electron chi connectivity index (χ1n) is 11.6. The predicted molar refractivity (Wildman–Crippen MR) is 136 cm³/mol. The van der Waals surface area contributed by atoms with Crippen molar-refractivity contribution in [1.29, 1.82) is 0 Å². The SMILES string of the molecule is Cn1ncc(COC(=O)NC2CCc3c2c(-c2ccccc2)n(C)c3C(=O)Nc2ccc(F)c(Cl)c2)n1. The molecule has 0 saturated heterocycles. The molecule has 2 heterocycles. The molecule has 2 N–H and O–H groups in total. The van der Waals surface area contributed by atoms with E-state index in [-0.39, 0.29) is 23.6 Å². The highest BCUT2D eigenvalue weighted by Crippen LogP contribution is 2.42. The molecule has 0 aliphatic heterocycles. The quantitative estimate of drug-likeness (QED) is 0.379. The summed E-state index contributed by atoms with van der Waals surface area (Å²) in [6, 6.07) is 13.3. The monoisotopic (exact) mass is 522 g/mol. The van der Waals surface area contributed by atoms with Crippen LogP contribution in [0.2, 0.25) is 5.02 Å². The Hall–Kier alpha value is -4.18. The normalized spacial score (nSPS) is 14.3. The molecule has 5 rings (SSSR count). The van der Waals surface area contributed by atoms with Crippen molar-refractivity contribution in [2.45, 2.75) is 25.5 Å². The number of hydrogen-bond donors (Lipinski definition) is 2. The average Bonchev–Trinajstić information content (AvgIpc) is 3.55. The highest BCUT2D eigenvalue weighted by Gasteiger charge is 2.36. The fourth-order valence-electron chi connectivity index (χ4n) is 4.75. The van der Waals surface area contributed by atoms with Gasteiger partial charge >= 0.3 is 6.09 Å². The third-order valence-corrected chi connectivity index (χ3v) is 6.59. The molecular weight excluding hydrogens is 499 g/mol. The lowest BCUT2D eigenvalue weighted by molar-refractivity contribution is 0.101. The van der Waals surface area contributed by atoms with Gasteiger partial charge in [-0.2, -0.15) is 15.0 Å². The van der Waals surface area contributed by atoms with Gasteiger partial charge in [0.05, 0.1) is 23.0 Å². The molecule has 0 fully saturated rings. The first-order chi connectivity index (χ1) is 17.8. The fraction of sp³-hybridized carbons (Fsp3) is 0.231. The third-order valence-electron chi connectivity index (χ3n) is 6.30. The Kier molecular flexibility index (Phi) is 6.66. The minimum atomic E-state index is -0.585. The number of hydrogen-bond acceptors (Lipinski definition) is 5. The smallest absolute Gasteiger partial charge is 0.408 e. The predicted octanol–water partition coefficient (Wildman–Crippen LogP) is 4.78. The van der Waals surface area contributed by atoms with Gasteiger partial charge in [0.25, 0.3) is 5.91 Å². The van der Waals surface area contributed by atoms with Crippen molar-refractivity contribution >= 4 is 29.3 Å². The minimum absolute atomic E-state index is 0.00648. The number of carbonyl (C=O) groups excluding carboxylic acids is 2.